The summed E-state index contributed by atoms with van der Waals surface area (Å²) in [6, 6.07) is 5.76. The summed E-state index contributed by atoms with van der Waals surface area (Å²) in [5, 5.41) is 11.1. The lowest BCUT2D eigenvalue weighted by Gasteiger charge is -2.04. The molecule has 0 aliphatic rings. The van der Waals surface area contributed by atoms with Gasteiger partial charge in [0, 0.05) is 24.9 Å². The van der Waals surface area contributed by atoms with E-state index < -0.39 is 5.97 Å². The number of carboxylic acid groups (broad SMARTS) is 1. The zero-order valence-electron chi connectivity index (χ0n) is 11.3. The predicted molar refractivity (Wildman–Crippen MR) is 73.5 cm³/mol. The molecule has 0 saturated carbocycles. The number of nitrogens with one attached hydrogen (secondary N) is 1. The van der Waals surface area contributed by atoms with E-state index in [9.17, 15) is 9.59 Å². The molecule has 0 radical (unpaired) electrons. The first-order valence-electron chi connectivity index (χ1n) is 6.49. The molecule has 0 spiro atoms. The quantitative estimate of drug-likeness (QED) is 0.828. The van der Waals surface area contributed by atoms with Crippen LogP contribution in [0.1, 0.15) is 24.2 Å². The van der Waals surface area contributed by atoms with Crippen LogP contribution in [0.3, 0.4) is 0 Å². The summed E-state index contributed by atoms with van der Waals surface area (Å²) in [6.45, 7) is 2.09. The minimum atomic E-state index is -0.914. The zero-order valence-corrected chi connectivity index (χ0v) is 11.3. The van der Waals surface area contributed by atoms with Gasteiger partial charge >= 0.3 is 5.97 Å². The van der Waals surface area contributed by atoms with Gasteiger partial charge in [0.05, 0.1) is 12.1 Å². The first-order valence-corrected chi connectivity index (χ1v) is 6.49. The molecule has 2 rings (SSSR count). The number of aryl methyl sites for hydroxylation is 2. The number of hydrogen-bond acceptors (Lipinski definition) is 3. The molecule has 0 bridgehead atoms. The zero-order chi connectivity index (χ0) is 14.5. The van der Waals surface area contributed by atoms with Gasteiger partial charge in [-0.1, -0.05) is 6.07 Å². The SMILES string of the molecule is Cc1nc2ccccn2c1CCC(=O)NCCC(=O)O. The minimum Gasteiger partial charge on any atom is -0.481 e. The van der Waals surface area contributed by atoms with Crippen molar-refractivity contribution < 1.29 is 14.7 Å². The number of carboxylic acids is 1. The summed E-state index contributed by atoms with van der Waals surface area (Å²) in [5.41, 5.74) is 2.79. The van der Waals surface area contributed by atoms with Gasteiger partial charge in [-0.2, -0.15) is 0 Å². The maximum absolute atomic E-state index is 11.6. The highest BCUT2D eigenvalue weighted by atomic mass is 16.4. The van der Waals surface area contributed by atoms with Crippen molar-refractivity contribution in [2.24, 2.45) is 0 Å². The highest BCUT2D eigenvalue weighted by Crippen LogP contribution is 2.13. The van der Waals surface area contributed by atoms with Gasteiger partial charge in [-0.3, -0.25) is 9.59 Å². The van der Waals surface area contributed by atoms with Crippen molar-refractivity contribution in [2.75, 3.05) is 6.54 Å². The van der Waals surface area contributed by atoms with Crippen LogP contribution >= 0.6 is 0 Å². The number of aromatic nitrogens is 2. The Labute approximate surface area is 116 Å². The largest absolute Gasteiger partial charge is 0.481 e. The molecule has 2 heterocycles. The van der Waals surface area contributed by atoms with Crippen LogP contribution in [0.4, 0.5) is 0 Å². The van der Waals surface area contributed by atoms with Gasteiger partial charge in [-0.05, 0) is 25.5 Å². The molecule has 0 fully saturated rings. The first-order chi connectivity index (χ1) is 9.58. The lowest BCUT2D eigenvalue weighted by Crippen LogP contribution is -2.26. The molecular formula is C14H17N3O3. The Hall–Kier alpha value is -2.37. The first kappa shape index (κ1) is 14.0. The van der Waals surface area contributed by atoms with Gasteiger partial charge in [-0.15, -0.1) is 0 Å². The molecule has 0 aliphatic heterocycles. The second kappa shape index (κ2) is 6.18. The topological polar surface area (TPSA) is 83.7 Å². The molecule has 6 heteroatoms. The predicted octanol–water partition coefficient (Wildman–Crippen LogP) is 1.17. The number of carbonyl (C=O) groups excluding carboxylic acids is 1. The summed E-state index contributed by atoms with van der Waals surface area (Å²) in [4.78, 5) is 26.4. The standard InChI is InChI=1S/C14H17N3O3/c1-10-11(17-9-3-2-4-12(17)16-10)5-6-13(18)15-8-7-14(19)20/h2-4,9H,5-8H2,1H3,(H,15,18)(H,19,20). The number of pyridine rings is 1. The molecule has 2 aromatic heterocycles. The van der Waals surface area contributed by atoms with Crippen LogP contribution in [0.25, 0.3) is 5.65 Å². The molecule has 20 heavy (non-hydrogen) atoms. The van der Waals surface area contributed by atoms with E-state index in [2.05, 4.69) is 10.3 Å². The lowest BCUT2D eigenvalue weighted by molar-refractivity contribution is -0.136. The number of imidazole rings is 1. The van der Waals surface area contributed by atoms with Gasteiger partial charge in [0.2, 0.25) is 5.91 Å². The van der Waals surface area contributed by atoms with Crippen molar-refractivity contribution >= 4 is 17.5 Å². The van der Waals surface area contributed by atoms with Crippen LogP contribution in [0.5, 0.6) is 0 Å². The number of fused-ring (bicyclic) bond motifs is 1. The van der Waals surface area contributed by atoms with Gasteiger partial charge in [0.25, 0.3) is 0 Å². The van der Waals surface area contributed by atoms with Crippen molar-refractivity contribution in [1.82, 2.24) is 14.7 Å². The third kappa shape index (κ3) is 3.34. The number of carbonyl (C=O) groups is 2. The monoisotopic (exact) mass is 275 g/mol. The molecule has 0 saturated heterocycles. The van der Waals surface area contributed by atoms with Crippen LogP contribution in [0.2, 0.25) is 0 Å². The van der Waals surface area contributed by atoms with E-state index >= 15 is 0 Å². The van der Waals surface area contributed by atoms with Crippen molar-refractivity contribution in [1.29, 1.82) is 0 Å². The Morgan fingerprint density at radius 1 is 1.35 bits per heavy atom. The molecule has 2 N–H and O–H groups in total. The van der Waals surface area contributed by atoms with Crippen molar-refractivity contribution in [3.63, 3.8) is 0 Å². The van der Waals surface area contributed by atoms with Crippen LogP contribution in [-0.2, 0) is 16.0 Å². The third-order valence-electron chi connectivity index (χ3n) is 3.08. The fourth-order valence-electron chi connectivity index (χ4n) is 2.09. The van der Waals surface area contributed by atoms with Crippen LogP contribution in [0, 0.1) is 6.92 Å². The third-order valence-corrected chi connectivity index (χ3v) is 3.08. The fourth-order valence-corrected chi connectivity index (χ4v) is 2.09. The average molecular weight is 275 g/mol. The van der Waals surface area contributed by atoms with E-state index in [1.54, 1.807) is 0 Å². The summed E-state index contributed by atoms with van der Waals surface area (Å²) < 4.78 is 1.97. The van der Waals surface area contributed by atoms with Crippen molar-refractivity contribution in [2.45, 2.75) is 26.2 Å². The normalized spacial score (nSPS) is 10.7. The smallest absolute Gasteiger partial charge is 0.305 e. The van der Waals surface area contributed by atoms with Crippen LogP contribution < -0.4 is 5.32 Å². The van der Waals surface area contributed by atoms with Gasteiger partial charge in [-0.25, -0.2) is 4.98 Å². The number of hydrogen-bond donors (Lipinski definition) is 2. The minimum absolute atomic E-state index is 0.0552. The number of nitrogens with zero attached hydrogens (tertiary/aromatic N) is 2. The highest BCUT2D eigenvalue weighted by Gasteiger charge is 2.10. The molecule has 0 aliphatic carbocycles. The summed E-state index contributed by atoms with van der Waals surface area (Å²) in [6.07, 6.45) is 2.77. The summed E-state index contributed by atoms with van der Waals surface area (Å²) in [5.74, 6) is -1.06. The Bertz CT molecular complexity index is 634. The van der Waals surface area contributed by atoms with E-state index in [4.69, 9.17) is 5.11 Å². The van der Waals surface area contributed by atoms with E-state index in [0.717, 1.165) is 17.0 Å². The van der Waals surface area contributed by atoms with E-state index in [-0.39, 0.29) is 18.9 Å². The van der Waals surface area contributed by atoms with Crippen LogP contribution in [0.15, 0.2) is 24.4 Å². The van der Waals surface area contributed by atoms with E-state index in [1.807, 2.05) is 35.7 Å². The average Bonchev–Trinajstić information content (AvgIpc) is 2.71. The summed E-state index contributed by atoms with van der Waals surface area (Å²) >= 11 is 0. The summed E-state index contributed by atoms with van der Waals surface area (Å²) in [7, 11) is 0. The van der Waals surface area contributed by atoms with Crippen molar-refractivity contribution in [3.05, 3.63) is 35.8 Å². The molecule has 106 valence electrons. The van der Waals surface area contributed by atoms with Gasteiger partial charge in [0.15, 0.2) is 0 Å². The molecule has 0 atom stereocenters. The fraction of sp³-hybridized carbons (Fsp3) is 0.357. The van der Waals surface area contributed by atoms with Crippen LogP contribution in [-0.4, -0.2) is 32.9 Å². The molecular weight excluding hydrogens is 258 g/mol. The maximum Gasteiger partial charge on any atom is 0.305 e. The second-order valence-electron chi connectivity index (χ2n) is 4.57. The Balaban J connectivity index is 1.94. The highest BCUT2D eigenvalue weighted by molar-refractivity contribution is 5.77. The Morgan fingerprint density at radius 3 is 2.90 bits per heavy atom. The Morgan fingerprint density at radius 2 is 2.15 bits per heavy atom. The van der Waals surface area contributed by atoms with E-state index in [1.165, 1.54) is 0 Å². The Kier molecular flexibility index (Phi) is 4.34. The van der Waals surface area contributed by atoms with Gasteiger partial charge < -0.3 is 14.8 Å². The molecule has 1 amide bonds. The number of amides is 1. The number of aliphatic carboxylic acids is 1. The molecule has 2 aromatic rings. The van der Waals surface area contributed by atoms with Gasteiger partial charge in [0.1, 0.15) is 5.65 Å². The molecule has 0 aromatic carbocycles. The van der Waals surface area contributed by atoms with E-state index in [0.29, 0.717) is 12.8 Å². The molecule has 6 nitrogen and oxygen atoms in total. The maximum atomic E-state index is 11.6. The second-order valence-corrected chi connectivity index (χ2v) is 4.57. The molecule has 0 unspecified atom stereocenters. The lowest BCUT2D eigenvalue weighted by atomic mass is 10.2. The van der Waals surface area contributed by atoms with Crippen molar-refractivity contribution in [3.8, 4) is 0 Å². The number of rotatable bonds is 6.